The first-order valence-electron chi connectivity index (χ1n) is 10.9. The van der Waals surface area contributed by atoms with Gasteiger partial charge in [0.1, 0.15) is 11.6 Å². The molecule has 2 aromatic carbocycles. The summed E-state index contributed by atoms with van der Waals surface area (Å²) in [6.45, 7) is 2.81. The zero-order valence-corrected chi connectivity index (χ0v) is 17.4. The lowest BCUT2D eigenvalue weighted by Crippen LogP contribution is -2.41. The van der Waals surface area contributed by atoms with Crippen LogP contribution >= 0.6 is 0 Å². The van der Waals surface area contributed by atoms with Crippen LogP contribution in [0.3, 0.4) is 0 Å². The second kappa shape index (κ2) is 9.45. The third kappa shape index (κ3) is 5.03. The van der Waals surface area contributed by atoms with Crippen LogP contribution in [0.25, 0.3) is 0 Å². The Kier molecular flexibility index (Phi) is 6.49. The molecule has 0 saturated carbocycles. The summed E-state index contributed by atoms with van der Waals surface area (Å²) in [6.07, 6.45) is 4.66. The summed E-state index contributed by atoms with van der Waals surface area (Å²) >= 11 is 0. The first-order chi connectivity index (χ1) is 15.0. The average Bonchev–Trinajstić information content (AvgIpc) is 2.79. The van der Waals surface area contributed by atoms with Crippen LogP contribution in [-0.2, 0) is 4.79 Å². The first kappa shape index (κ1) is 21.3. The molecule has 2 aliphatic rings. The summed E-state index contributed by atoms with van der Waals surface area (Å²) in [5.41, 5.74) is 1.76. The zero-order chi connectivity index (χ0) is 21.8. The van der Waals surface area contributed by atoms with Crippen molar-refractivity contribution < 1.29 is 18.4 Å². The van der Waals surface area contributed by atoms with Gasteiger partial charge in [0.2, 0.25) is 5.91 Å². The van der Waals surface area contributed by atoms with Crippen molar-refractivity contribution in [1.82, 2.24) is 4.90 Å². The predicted molar refractivity (Wildman–Crippen MR) is 116 cm³/mol. The number of piperidine rings is 2. The molecule has 2 fully saturated rings. The van der Waals surface area contributed by atoms with E-state index in [0.29, 0.717) is 32.0 Å². The summed E-state index contributed by atoms with van der Waals surface area (Å²) in [5.74, 6) is -2.31. The SMILES string of the molecule is O=C(Nc1cccc(N2CCCCC2)c1)C1CCN(C(=O)c2ccc(F)cc2F)CC1. The summed E-state index contributed by atoms with van der Waals surface area (Å²) in [7, 11) is 0. The molecule has 4 rings (SSSR count). The van der Waals surface area contributed by atoms with Crippen molar-refractivity contribution in [2.45, 2.75) is 32.1 Å². The summed E-state index contributed by atoms with van der Waals surface area (Å²) < 4.78 is 27.0. The molecular weight excluding hydrogens is 400 g/mol. The number of carbonyl (C=O) groups is 2. The topological polar surface area (TPSA) is 52.7 Å². The summed E-state index contributed by atoms with van der Waals surface area (Å²) in [6, 6.07) is 10.9. The van der Waals surface area contributed by atoms with Crippen LogP contribution in [0.2, 0.25) is 0 Å². The molecule has 0 radical (unpaired) electrons. The van der Waals surface area contributed by atoms with E-state index < -0.39 is 17.5 Å². The first-order valence-corrected chi connectivity index (χ1v) is 10.9. The summed E-state index contributed by atoms with van der Waals surface area (Å²) in [5, 5.41) is 3.01. The third-order valence-corrected chi connectivity index (χ3v) is 6.15. The van der Waals surface area contributed by atoms with E-state index in [9.17, 15) is 18.4 Å². The van der Waals surface area contributed by atoms with Crippen molar-refractivity contribution in [2.75, 3.05) is 36.4 Å². The van der Waals surface area contributed by atoms with Gasteiger partial charge in [-0.05, 0) is 62.4 Å². The van der Waals surface area contributed by atoms with E-state index in [1.807, 2.05) is 18.2 Å². The normalized spacial score (nSPS) is 17.5. The Balaban J connectivity index is 1.33. The molecule has 5 nitrogen and oxygen atoms in total. The minimum atomic E-state index is -0.863. The van der Waals surface area contributed by atoms with Gasteiger partial charge in [-0.25, -0.2) is 8.78 Å². The number of anilines is 2. The highest BCUT2D eigenvalue weighted by Crippen LogP contribution is 2.25. The molecule has 0 spiro atoms. The van der Waals surface area contributed by atoms with Crippen LogP contribution in [-0.4, -0.2) is 42.9 Å². The molecule has 2 aromatic rings. The fraction of sp³-hybridized carbons (Fsp3) is 0.417. The Hall–Kier alpha value is -2.96. The maximum atomic E-state index is 13.9. The van der Waals surface area contributed by atoms with Crippen molar-refractivity contribution in [1.29, 1.82) is 0 Å². The lowest BCUT2D eigenvalue weighted by molar-refractivity contribution is -0.121. The van der Waals surface area contributed by atoms with E-state index in [2.05, 4.69) is 16.3 Å². The third-order valence-electron chi connectivity index (χ3n) is 6.15. The molecule has 0 unspecified atom stereocenters. The van der Waals surface area contributed by atoms with Crippen LogP contribution in [0, 0.1) is 17.6 Å². The maximum Gasteiger partial charge on any atom is 0.256 e. The van der Waals surface area contributed by atoms with Crippen LogP contribution in [0.4, 0.5) is 20.2 Å². The predicted octanol–water partition coefficient (Wildman–Crippen LogP) is 4.45. The van der Waals surface area contributed by atoms with Gasteiger partial charge in [-0.2, -0.15) is 0 Å². The minimum Gasteiger partial charge on any atom is -0.371 e. The number of nitrogens with zero attached hydrogens (tertiary/aromatic N) is 2. The molecular formula is C24H27F2N3O2. The van der Waals surface area contributed by atoms with Crippen molar-refractivity contribution >= 4 is 23.2 Å². The molecule has 0 aliphatic carbocycles. The molecule has 1 N–H and O–H groups in total. The Labute approximate surface area is 181 Å². The van der Waals surface area contributed by atoms with Gasteiger partial charge in [0.15, 0.2) is 0 Å². The molecule has 31 heavy (non-hydrogen) atoms. The van der Waals surface area contributed by atoms with Gasteiger partial charge in [-0.1, -0.05) is 6.07 Å². The zero-order valence-electron chi connectivity index (χ0n) is 17.4. The molecule has 164 valence electrons. The Morgan fingerprint density at radius 3 is 2.35 bits per heavy atom. The van der Waals surface area contributed by atoms with Gasteiger partial charge in [0, 0.05) is 49.5 Å². The monoisotopic (exact) mass is 427 g/mol. The Bertz CT molecular complexity index is 952. The number of hydrogen-bond acceptors (Lipinski definition) is 3. The van der Waals surface area contributed by atoms with E-state index in [1.54, 1.807) is 0 Å². The Morgan fingerprint density at radius 2 is 1.65 bits per heavy atom. The quantitative estimate of drug-likeness (QED) is 0.785. The molecule has 7 heteroatoms. The van der Waals surface area contributed by atoms with Crippen molar-refractivity contribution in [3.05, 3.63) is 59.7 Å². The van der Waals surface area contributed by atoms with Gasteiger partial charge < -0.3 is 15.1 Å². The second-order valence-corrected chi connectivity index (χ2v) is 8.28. The Morgan fingerprint density at radius 1 is 0.903 bits per heavy atom. The fourth-order valence-corrected chi connectivity index (χ4v) is 4.35. The lowest BCUT2D eigenvalue weighted by Gasteiger charge is -2.31. The van der Waals surface area contributed by atoms with E-state index >= 15 is 0 Å². The number of amides is 2. The lowest BCUT2D eigenvalue weighted by atomic mass is 9.95. The smallest absolute Gasteiger partial charge is 0.256 e. The van der Waals surface area contributed by atoms with E-state index in [4.69, 9.17) is 0 Å². The maximum absolute atomic E-state index is 13.9. The van der Waals surface area contributed by atoms with Crippen LogP contribution in [0.15, 0.2) is 42.5 Å². The standard InChI is InChI=1S/C24H27F2N3O2/c25-18-7-8-21(22(26)15-18)24(31)29-13-9-17(10-14-29)23(30)27-19-5-4-6-20(16-19)28-11-2-1-3-12-28/h4-8,15-17H,1-3,9-14H2,(H,27,30). The highest BCUT2D eigenvalue weighted by Gasteiger charge is 2.29. The number of hydrogen-bond donors (Lipinski definition) is 1. The van der Waals surface area contributed by atoms with Crippen molar-refractivity contribution in [2.24, 2.45) is 5.92 Å². The highest BCUT2D eigenvalue weighted by molar-refractivity contribution is 5.95. The van der Waals surface area contributed by atoms with E-state index in [0.717, 1.165) is 30.5 Å². The van der Waals surface area contributed by atoms with Gasteiger partial charge in [-0.15, -0.1) is 0 Å². The average molecular weight is 427 g/mol. The van der Waals surface area contributed by atoms with E-state index in [-0.39, 0.29) is 17.4 Å². The van der Waals surface area contributed by atoms with Gasteiger partial charge in [0.25, 0.3) is 5.91 Å². The molecule has 0 aromatic heterocycles. The molecule has 2 heterocycles. The van der Waals surface area contributed by atoms with E-state index in [1.165, 1.54) is 30.2 Å². The number of benzene rings is 2. The fourth-order valence-electron chi connectivity index (χ4n) is 4.35. The molecule has 2 aliphatic heterocycles. The van der Waals surface area contributed by atoms with Crippen LogP contribution < -0.4 is 10.2 Å². The molecule has 2 amide bonds. The minimum absolute atomic E-state index is 0.0594. The number of likely N-dealkylation sites (tertiary alicyclic amines) is 1. The summed E-state index contributed by atoms with van der Waals surface area (Å²) in [4.78, 5) is 29.2. The molecule has 2 saturated heterocycles. The van der Waals surface area contributed by atoms with Gasteiger partial charge in [0.05, 0.1) is 5.56 Å². The van der Waals surface area contributed by atoms with Gasteiger partial charge in [-0.3, -0.25) is 9.59 Å². The highest BCUT2D eigenvalue weighted by atomic mass is 19.1. The number of rotatable bonds is 4. The van der Waals surface area contributed by atoms with Gasteiger partial charge >= 0.3 is 0 Å². The molecule has 0 atom stereocenters. The number of halogens is 2. The largest absolute Gasteiger partial charge is 0.371 e. The van der Waals surface area contributed by atoms with Crippen molar-refractivity contribution in [3.8, 4) is 0 Å². The number of nitrogens with one attached hydrogen (secondary N) is 1. The van der Waals surface area contributed by atoms with Crippen LogP contribution in [0.5, 0.6) is 0 Å². The molecule has 0 bridgehead atoms. The number of carbonyl (C=O) groups excluding carboxylic acids is 2. The van der Waals surface area contributed by atoms with Crippen molar-refractivity contribution in [3.63, 3.8) is 0 Å². The second-order valence-electron chi connectivity index (χ2n) is 8.28. The van der Waals surface area contributed by atoms with Crippen LogP contribution in [0.1, 0.15) is 42.5 Å².